The van der Waals surface area contributed by atoms with Gasteiger partial charge in [-0.2, -0.15) is 0 Å². The van der Waals surface area contributed by atoms with Gasteiger partial charge in [-0.25, -0.2) is 4.99 Å². The van der Waals surface area contributed by atoms with E-state index in [9.17, 15) is 9.59 Å². The third-order valence-electron chi connectivity index (χ3n) is 3.79. The second kappa shape index (κ2) is 7.60. The smallest absolute Gasteiger partial charge is 0.310 e. The van der Waals surface area contributed by atoms with Crippen LogP contribution in [0.5, 0.6) is 0 Å². The first kappa shape index (κ1) is 18.6. The number of ether oxygens (including phenoxy) is 1. The number of carbonyl (C=O) groups excluding carboxylic acids is 2. The van der Waals surface area contributed by atoms with E-state index in [2.05, 4.69) is 26.2 Å². The van der Waals surface area contributed by atoms with Crippen molar-refractivity contribution in [2.24, 2.45) is 10.9 Å². The summed E-state index contributed by atoms with van der Waals surface area (Å²) in [6.07, 6.45) is -1.29. The van der Waals surface area contributed by atoms with Crippen molar-refractivity contribution in [3.05, 3.63) is 63.1 Å². The molecule has 1 N–H and O–H groups in total. The first-order chi connectivity index (χ1) is 12.4. The number of halogens is 2. The zero-order chi connectivity index (χ0) is 18.8. The van der Waals surface area contributed by atoms with Gasteiger partial charge >= 0.3 is 5.97 Å². The van der Waals surface area contributed by atoms with Gasteiger partial charge in [-0.1, -0.05) is 59.6 Å². The number of nitrogens with zero attached hydrogens (tertiary/aromatic N) is 1. The van der Waals surface area contributed by atoms with E-state index in [1.807, 2.05) is 30.3 Å². The van der Waals surface area contributed by atoms with E-state index in [1.54, 1.807) is 26.0 Å². The van der Waals surface area contributed by atoms with Crippen LogP contribution in [-0.2, 0) is 14.3 Å². The molecule has 2 aromatic rings. The van der Waals surface area contributed by atoms with E-state index >= 15 is 0 Å². The lowest BCUT2D eigenvalue weighted by Gasteiger charge is -2.14. The maximum absolute atomic E-state index is 12.5. The number of fused-ring (bicyclic) bond motifs is 1. The molecule has 0 fully saturated rings. The van der Waals surface area contributed by atoms with E-state index in [1.165, 1.54) is 0 Å². The Hall–Kier alpha value is -2.18. The number of benzodiazepines with no additional fused rings is 1. The Kier molecular flexibility index (Phi) is 5.44. The van der Waals surface area contributed by atoms with Gasteiger partial charge in [-0.15, -0.1) is 0 Å². The summed E-state index contributed by atoms with van der Waals surface area (Å²) in [6.45, 7) is 3.39. The average molecular weight is 436 g/mol. The summed E-state index contributed by atoms with van der Waals surface area (Å²) in [5.41, 5.74) is 2.38. The van der Waals surface area contributed by atoms with Crippen molar-refractivity contribution in [3.63, 3.8) is 0 Å². The summed E-state index contributed by atoms with van der Waals surface area (Å²) in [5, 5.41) is 3.26. The van der Waals surface area contributed by atoms with Crippen molar-refractivity contribution < 1.29 is 14.3 Å². The normalized spacial score (nSPS) is 16.4. The van der Waals surface area contributed by atoms with E-state index in [0.717, 1.165) is 4.47 Å². The third-order valence-corrected chi connectivity index (χ3v) is 4.62. The molecule has 1 atom stereocenters. The molecule has 5 nitrogen and oxygen atoms in total. The van der Waals surface area contributed by atoms with Crippen LogP contribution in [0.1, 0.15) is 25.0 Å². The van der Waals surface area contributed by atoms with Crippen LogP contribution in [0.25, 0.3) is 0 Å². The number of benzene rings is 2. The maximum atomic E-state index is 12.5. The molecule has 1 heterocycles. The highest BCUT2D eigenvalue weighted by molar-refractivity contribution is 9.10. The molecule has 0 spiro atoms. The molecule has 0 aliphatic carbocycles. The minimum Gasteiger partial charge on any atom is -0.430 e. The molecule has 1 aliphatic rings. The van der Waals surface area contributed by atoms with Crippen LogP contribution >= 0.6 is 27.5 Å². The van der Waals surface area contributed by atoms with Crippen LogP contribution < -0.4 is 5.32 Å². The summed E-state index contributed by atoms with van der Waals surface area (Å²) in [7, 11) is 0. The zero-order valence-corrected chi connectivity index (χ0v) is 16.5. The molecule has 0 aromatic heterocycles. The fourth-order valence-electron chi connectivity index (χ4n) is 2.46. The molecule has 1 amide bonds. The number of anilines is 1. The predicted molar refractivity (Wildman–Crippen MR) is 105 cm³/mol. The summed E-state index contributed by atoms with van der Waals surface area (Å²) < 4.78 is 6.13. The quantitative estimate of drug-likeness (QED) is 0.726. The largest absolute Gasteiger partial charge is 0.430 e. The third kappa shape index (κ3) is 3.81. The van der Waals surface area contributed by atoms with Gasteiger partial charge < -0.3 is 10.1 Å². The number of hydrogen-bond acceptors (Lipinski definition) is 4. The fraction of sp³-hybridized carbons (Fsp3) is 0.211. The zero-order valence-electron chi connectivity index (χ0n) is 14.1. The Bertz CT molecular complexity index is 911. The lowest BCUT2D eigenvalue weighted by Crippen LogP contribution is -2.31. The van der Waals surface area contributed by atoms with E-state index in [4.69, 9.17) is 16.3 Å². The molecule has 0 bridgehead atoms. The summed E-state index contributed by atoms with van der Waals surface area (Å²) in [5.74, 6) is -1.38. The number of aliphatic imine (C=N–C) groups is 1. The molecular weight excluding hydrogens is 420 g/mol. The molecule has 1 aliphatic heterocycles. The molecule has 3 rings (SSSR count). The monoisotopic (exact) mass is 434 g/mol. The van der Waals surface area contributed by atoms with Crippen molar-refractivity contribution in [2.45, 2.75) is 20.1 Å². The second-order valence-corrected chi connectivity index (χ2v) is 7.40. The Morgan fingerprint density at radius 2 is 1.96 bits per heavy atom. The van der Waals surface area contributed by atoms with Gasteiger partial charge in [0.2, 0.25) is 0 Å². The Morgan fingerprint density at radius 1 is 1.23 bits per heavy atom. The van der Waals surface area contributed by atoms with Gasteiger partial charge in [0.25, 0.3) is 12.1 Å². The van der Waals surface area contributed by atoms with Crippen LogP contribution in [0.2, 0.25) is 5.02 Å². The number of rotatable bonds is 3. The number of amides is 1. The van der Waals surface area contributed by atoms with Crippen LogP contribution in [0.4, 0.5) is 5.69 Å². The van der Waals surface area contributed by atoms with Gasteiger partial charge in [0.05, 0.1) is 17.3 Å². The number of nitrogens with one attached hydrogen (secondary N) is 1. The van der Waals surface area contributed by atoms with Crippen molar-refractivity contribution in [1.29, 1.82) is 0 Å². The fourth-order valence-corrected chi connectivity index (χ4v) is 3.04. The first-order valence-corrected chi connectivity index (χ1v) is 9.18. The van der Waals surface area contributed by atoms with Gasteiger partial charge in [-0.3, -0.25) is 9.59 Å². The standard InChI is InChI=1S/C19H16BrClN2O3/c1-10(2)19(25)26-18-17(24)22-15-8-7-11(20)9-13(15)16(23-18)12-5-3-4-6-14(12)21/h3-10,18H,1-2H3,(H,22,24). The van der Waals surface area contributed by atoms with Crippen molar-refractivity contribution in [1.82, 2.24) is 0 Å². The lowest BCUT2D eigenvalue weighted by atomic mass is 10.0. The molecule has 7 heteroatoms. The molecule has 134 valence electrons. The van der Waals surface area contributed by atoms with E-state index in [0.29, 0.717) is 27.5 Å². The van der Waals surface area contributed by atoms with Crippen LogP contribution in [-0.4, -0.2) is 23.8 Å². The molecule has 2 aromatic carbocycles. The van der Waals surface area contributed by atoms with Crippen LogP contribution in [0.3, 0.4) is 0 Å². The highest BCUT2D eigenvalue weighted by atomic mass is 79.9. The highest BCUT2D eigenvalue weighted by Crippen LogP contribution is 2.30. The minimum atomic E-state index is -1.29. The topological polar surface area (TPSA) is 67.8 Å². The van der Waals surface area contributed by atoms with Gasteiger partial charge in [0, 0.05) is 20.6 Å². The highest BCUT2D eigenvalue weighted by Gasteiger charge is 2.30. The van der Waals surface area contributed by atoms with Crippen molar-refractivity contribution >= 4 is 50.8 Å². The molecule has 1 unspecified atom stereocenters. The molecule has 0 saturated heterocycles. The van der Waals surface area contributed by atoms with E-state index in [-0.39, 0.29) is 5.92 Å². The number of hydrogen-bond donors (Lipinski definition) is 1. The minimum absolute atomic E-state index is 0.374. The van der Waals surface area contributed by atoms with Gasteiger partial charge in [0.15, 0.2) is 0 Å². The average Bonchev–Trinajstić information content (AvgIpc) is 2.72. The Morgan fingerprint density at radius 3 is 2.65 bits per heavy atom. The summed E-state index contributed by atoms with van der Waals surface area (Å²) in [6, 6.07) is 12.6. The maximum Gasteiger partial charge on any atom is 0.310 e. The predicted octanol–water partition coefficient (Wildman–Crippen LogP) is 4.42. The van der Waals surface area contributed by atoms with Gasteiger partial charge in [0.1, 0.15) is 0 Å². The van der Waals surface area contributed by atoms with E-state index < -0.39 is 18.1 Å². The molecule has 0 saturated carbocycles. The lowest BCUT2D eigenvalue weighted by molar-refractivity contribution is -0.156. The molecular formula is C19H16BrClN2O3. The SMILES string of the molecule is CC(C)C(=O)OC1N=C(c2ccccc2Cl)c2cc(Br)ccc2NC1=O. The van der Waals surface area contributed by atoms with Crippen molar-refractivity contribution in [3.8, 4) is 0 Å². The first-order valence-electron chi connectivity index (χ1n) is 8.01. The number of carbonyl (C=O) groups is 2. The van der Waals surface area contributed by atoms with Crippen molar-refractivity contribution in [2.75, 3.05) is 5.32 Å². The summed E-state index contributed by atoms with van der Waals surface area (Å²) in [4.78, 5) is 29.0. The van der Waals surface area contributed by atoms with Crippen LogP contribution in [0, 0.1) is 5.92 Å². The Balaban J connectivity index is 2.16. The molecule has 0 radical (unpaired) electrons. The summed E-state index contributed by atoms with van der Waals surface area (Å²) >= 11 is 9.79. The Labute approximate surface area is 164 Å². The second-order valence-electron chi connectivity index (χ2n) is 6.08. The van der Waals surface area contributed by atoms with Crippen LogP contribution in [0.15, 0.2) is 51.9 Å². The number of esters is 1. The van der Waals surface area contributed by atoms with Gasteiger partial charge in [-0.05, 0) is 24.3 Å². The molecule has 26 heavy (non-hydrogen) atoms.